The van der Waals surface area contributed by atoms with Crippen LogP contribution in [-0.4, -0.2) is 17.6 Å². The number of likely N-dealkylation sites (N-methyl/N-ethyl adjacent to an activating group) is 1. The molecule has 1 aromatic rings. The average molecular weight is 250 g/mol. The van der Waals surface area contributed by atoms with Crippen LogP contribution in [0.4, 0.5) is 0 Å². The summed E-state index contributed by atoms with van der Waals surface area (Å²) in [4.78, 5) is 4.62. The third-order valence-corrected chi connectivity index (χ3v) is 5.45. The lowest BCUT2D eigenvalue weighted by Gasteiger charge is -2.18. The van der Waals surface area contributed by atoms with Gasteiger partial charge in [-0.2, -0.15) is 0 Å². The van der Waals surface area contributed by atoms with Crippen molar-refractivity contribution in [1.29, 1.82) is 0 Å². The van der Waals surface area contributed by atoms with Gasteiger partial charge in [-0.05, 0) is 44.1 Å². The van der Waals surface area contributed by atoms with Crippen LogP contribution in [0, 0.1) is 24.7 Å². The van der Waals surface area contributed by atoms with Gasteiger partial charge >= 0.3 is 0 Å². The highest BCUT2D eigenvalue weighted by atomic mass is 32.1. The highest BCUT2D eigenvalue weighted by Gasteiger charge is 2.55. The van der Waals surface area contributed by atoms with Crippen molar-refractivity contribution >= 4 is 11.3 Å². The Hall–Kier alpha value is -0.410. The molecule has 0 bridgehead atoms. The summed E-state index contributed by atoms with van der Waals surface area (Å²) in [6.45, 7) is 5.40. The zero-order valence-electron chi connectivity index (χ0n) is 10.8. The normalized spacial score (nSPS) is 32.5. The van der Waals surface area contributed by atoms with Gasteiger partial charge < -0.3 is 5.32 Å². The quantitative estimate of drug-likeness (QED) is 0.869. The number of hydrogen-bond donors (Lipinski definition) is 1. The number of thiazole rings is 1. The molecule has 3 atom stereocenters. The van der Waals surface area contributed by atoms with Gasteiger partial charge in [0.15, 0.2) is 0 Å². The number of fused-ring (bicyclic) bond motifs is 1. The van der Waals surface area contributed by atoms with Crippen LogP contribution >= 0.6 is 11.3 Å². The minimum absolute atomic E-state index is 0.681. The second-order valence-corrected chi connectivity index (χ2v) is 6.53. The van der Waals surface area contributed by atoms with Crippen LogP contribution in [0.1, 0.15) is 36.9 Å². The Kier molecular flexibility index (Phi) is 3.22. The smallest absolute Gasteiger partial charge is 0.0943 e. The van der Waals surface area contributed by atoms with Gasteiger partial charge in [-0.15, -0.1) is 11.3 Å². The topological polar surface area (TPSA) is 24.9 Å². The zero-order valence-corrected chi connectivity index (χ0v) is 11.6. The minimum atomic E-state index is 0.681. The molecule has 3 heteroatoms. The van der Waals surface area contributed by atoms with Crippen molar-refractivity contribution in [3.63, 3.8) is 0 Å². The molecule has 3 unspecified atom stereocenters. The molecule has 94 valence electrons. The van der Waals surface area contributed by atoms with Crippen LogP contribution in [0.2, 0.25) is 0 Å². The Labute approximate surface area is 108 Å². The maximum Gasteiger partial charge on any atom is 0.0943 e. The molecule has 2 nitrogen and oxygen atoms in total. The molecule has 2 fully saturated rings. The second-order valence-electron chi connectivity index (χ2n) is 5.59. The van der Waals surface area contributed by atoms with E-state index in [-0.39, 0.29) is 0 Å². The molecule has 2 aliphatic rings. The monoisotopic (exact) mass is 250 g/mol. The van der Waals surface area contributed by atoms with Crippen LogP contribution in [0.15, 0.2) is 5.38 Å². The lowest BCUT2D eigenvalue weighted by atomic mass is 10.0. The van der Waals surface area contributed by atoms with E-state index >= 15 is 0 Å². The summed E-state index contributed by atoms with van der Waals surface area (Å²) in [5.74, 6) is 3.04. The van der Waals surface area contributed by atoms with E-state index in [2.05, 4.69) is 29.5 Å². The van der Waals surface area contributed by atoms with Crippen LogP contribution in [-0.2, 0) is 6.42 Å². The number of rotatable bonds is 5. The highest BCUT2D eigenvalue weighted by Crippen LogP contribution is 2.59. The summed E-state index contributed by atoms with van der Waals surface area (Å²) in [6.07, 6.45) is 5.58. The average Bonchev–Trinajstić information content (AvgIpc) is 2.67. The van der Waals surface area contributed by atoms with E-state index in [0.29, 0.717) is 6.04 Å². The number of nitrogens with one attached hydrogen (secondary N) is 1. The maximum atomic E-state index is 4.62. The summed E-state index contributed by atoms with van der Waals surface area (Å²) < 4.78 is 0. The van der Waals surface area contributed by atoms with Gasteiger partial charge in [-0.3, -0.25) is 0 Å². The van der Waals surface area contributed by atoms with Gasteiger partial charge in [0.05, 0.1) is 5.01 Å². The molecule has 1 aromatic heterocycles. The van der Waals surface area contributed by atoms with E-state index in [4.69, 9.17) is 0 Å². The van der Waals surface area contributed by atoms with Crippen molar-refractivity contribution in [3.05, 3.63) is 16.1 Å². The molecule has 0 saturated heterocycles. The molecule has 2 aliphatic carbocycles. The SMILES string of the molecule is CCNC(Cc1nc(C)cs1)C1C2CCCC21. The number of aromatic nitrogens is 1. The molecule has 0 spiro atoms. The van der Waals surface area contributed by atoms with Crippen molar-refractivity contribution in [2.24, 2.45) is 17.8 Å². The fraction of sp³-hybridized carbons (Fsp3) is 0.786. The molecule has 17 heavy (non-hydrogen) atoms. The summed E-state index contributed by atoms with van der Waals surface area (Å²) in [6, 6.07) is 0.681. The Balaban J connectivity index is 1.64. The molecule has 0 aliphatic heterocycles. The van der Waals surface area contributed by atoms with Crippen LogP contribution < -0.4 is 5.32 Å². The first kappa shape index (κ1) is 11.7. The Morgan fingerprint density at radius 3 is 2.82 bits per heavy atom. The van der Waals surface area contributed by atoms with E-state index in [1.807, 2.05) is 11.3 Å². The molecule has 0 radical (unpaired) electrons. The molecular weight excluding hydrogens is 228 g/mol. The van der Waals surface area contributed by atoms with E-state index in [1.54, 1.807) is 0 Å². The van der Waals surface area contributed by atoms with Gasteiger partial charge in [0.1, 0.15) is 0 Å². The lowest BCUT2D eigenvalue weighted by Crippen LogP contribution is -2.34. The van der Waals surface area contributed by atoms with Gasteiger partial charge in [-0.1, -0.05) is 13.3 Å². The molecular formula is C14H22N2S. The fourth-order valence-electron chi connectivity index (χ4n) is 3.76. The molecule has 1 N–H and O–H groups in total. The number of aryl methyl sites for hydroxylation is 1. The Bertz CT molecular complexity index is 377. The summed E-state index contributed by atoms with van der Waals surface area (Å²) in [5.41, 5.74) is 1.18. The largest absolute Gasteiger partial charge is 0.314 e. The van der Waals surface area contributed by atoms with E-state index in [9.17, 15) is 0 Å². The van der Waals surface area contributed by atoms with Crippen LogP contribution in [0.25, 0.3) is 0 Å². The van der Waals surface area contributed by atoms with Gasteiger partial charge in [0.25, 0.3) is 0 Å². The first-order chi connectivity index (χ1) is 8.29. The van der Waals surface area contributed by atoms with Gasteiger partial charge in [0, 0.05) is 23.5 Å². The summed E-state index contributed by atoms with van der Waals surface area (Å²) in [5, 5.41) is 7.19. The second kappa shape index (κ2) is 4.69. The zero-order chi connectivity index (χ0) is 11.8. The van der Waals surface area contributed by atoms with Crippen molar-refractivity contribution in [2.75, 3.05) is 6.54 Å². The summed E-state index contributed by atoms with van der Waals surface area (Å²) >= 11 is 1.83. The van der Waals surface area contributed by atoms with Gasteiger partial charge in [0.2, 0.25) is 0 Å². The molecule has 1 heterocycles. The number of nitrogens with zero attached hydrogens (tertiary/aromatic N) is 1. The lowest BCUT2D eigenvalue weighted by molar-refractivity contribution is 0.410. The first-order valence-corrected chi connectivity index (χ1v) is 7.82. The van der Waals surface area contributed by atoms with E-state index in [1.165, 1.54) is 30.0 Å². The van der Waals surface area contributed by atoms with Gasteiger partial charge in [-0.25, -0.2) is 4.98 Å². The molecule has 0 amide bonds. The van der Waals surface area contributed by atoms with Crippen molar-refractivity contribution in [3.8, 4) is 0 Å². The standard InChI is InChI=1S/C14H22N2S/c1-3-15-12(7-13-16-9(2)8-17-13)14-10-5-4-6-11(10)14/h8,10-12,14-15H,3-7H2,1-2H3. The first-order valence-electron chi connectivity index (χ1n) is 6.94. The van der Waals surface area contributed by atoms with Crippen molar-refractivity contribution in [1.82, 2.24) is 10.3 Å². The van der Waals surface area contributed by atoms with Crippen LogP contribution in [0.5, 0.6) is 0 Å². The molecule has 0 aromatic carbocycles. The van der Waals surface area contributed by atoms with Crippen molar-refractivity contribution in [2.45, 2.75) is 45.6 Å². The minimum Gasteiger partial charge on any atom is -0.314 e. The Morgan fingerprint density at radius 2 is 2.24 bits per heavy atom. The predicted molar refractivity (Wildman–Crippen MR) is 72.3 cm³/mol. The van der Waals surface area contributed by atoms with E-state index in [0.717, 1.165) is 30.7 Å². The third-order valence-electron chi connectivity index (χ3n) is 4.46. The van der Waals surface area contributed by atoms with Crippen LogP contribution in [0.3, 0.4) is 0 Å². The number of hydrogen-bond acceptors (Lipinski definition) is 3. The predicted octanol–water partition coefficient (Wildman–Crippen LogP) is 3.02. The van der Waals surface area contributed by atoms with E-state index < -0.39 is 0 Å². The highest BCUT2D eigenvalue weighted by molar-refractivity contribution is 7.09. The van der Waals surface area contributed by atoms with Crippen molar-refractivity contribution < 1.29 is 0 Å². The maximum absolute atomic E-state index is 4.62. The fourth-order valence-corrected chi connectivity index (χ4v) is 4.60. The molecule has 3 rings (SSSR count). The third kappa shape index (κ3) is 2.27. The summed E-state index contributed by atoms with van der Waals surface area (Å²) in [7, 11) is 0. The molecule has 2 saturated carbocycles. The Morgan fingerprint density at radius 1 is 1.47 bits per heavy atom.